The molecule has 2 amide bonds. The number of carbonyl (C=O) groups excluding carboxylic acids is 3. The van der Waals surface area contributed by atoms with Crippen molar-refractivity contribution in [3.63, 3.8) is 0 Å². The maximum atomic E-state index is 12.7. The molecule has 0 bridgehead atoms. The first-order valence-electron chi connectivity index (χ1n) is 10.6. The van der Waals surface area contributed by atoms with E-state index in [1.807, 2.05) is 31.2 Å². The molecule has 1 atom stereocenters. The fraction of sp³-hybridized carbons (Fsp3) is 0.240. The van der Waals surface area contributed by atoms with E-state index in [1.165, 1.54) is 6.08 Å². The van der Waals surface area contributed by atoms with E-state index in [0.29, 0.717) is 17.9 Å². The molecular weight excluding hydrogens is 424 g/mol. The second kappa shape index (κ2) is 11.5. The van der Waals surface area contributed by atoms with Gasteiger partial charge in [0, 0.05) is 11.6 Å². The first-order valence-corrected chi connectivity index (χ1v) is 10.6. The summed E-state index contributed by atoms with van der Waals surface area (Å²) in [6.45, 7) is 3.92. The van der Waals surface area contributed by atoms with Gasteiger partial charge in [0.05, 0.1) is 30.5 Å². The minimum absolute atomic E-state index is 0.160. The van der Waals surface area contributed by atoms with Crippen molar-refractivity contribution >= 4 is 24.0 Å². The molecule has 0 saturated heterocycles. The zero-order valence-corrected chi connectivity index (χ0v) is 18.5. The third-order valence-corrected chi connectivity index (χ3v) is 4.76. The van der Waals surface area contributed by atoms with E-state index in [1.54, 1.807) is 43.3 Å². The zero-order chi connectivity index (χ0) is 23.6. The number of hydrogen-bond donors (Lipinski definition) is 2. The van der Waals surface area contributed by atoms with E-state index in [4.69, 9.17) is 14.2 Å². The first kappa shape index (κ1) is 23.6. The van der Waals surface area contributed by atoms with Crippen LogP contribution in [-0.2, 0) is 19.1 Å². The molecule has 0 radical (unpaired) electrons. The fourth-order valence-corrected chi connectivity index (χ4v) is 3.33. The highest BCUT2D eigenvalue weighted by Gasteiger charge is 2.34. The number of hydrogen-bond acceptors (Lipinski definition) is 6. The van der Waals surface area contributed by atoms with Crippen LogP contribution >= 0.6 is 0 Å². The van der Waals surface area contributed by atoms with Crippen LogP contribution in [0.2, 0.25) is 0 Å². The van der Waals surface area contributed by atoms with Crippen LogP contribution in [0, 0.1) is 0 Å². The number of amides is 2. The van der Waals surface area contributed by atoms with Crippen molar-refractivity contribution < 1.29 is 28.6 Å². The SMILES string of the molecule is CCOC(=O)C1=C(COC(=O)/C=C/c2ccccc2OCC)NC(=O)NC1c1ccccc1. The summed E-state index contributed by atoms with van der Waals surface area (Å²) in [5, 5.41) is 5.30. The second-order valence-corrected chi connectivity index (χ2v) is 6.97. The molecule has 33 heavy (non-hydrogen) atoms. The van der Waals surface area contributed by atoms with Gasteiger partial charge in [0.1, 0.15) is 12.4 Å². The number of nitrogens with one attached hydrogen (secondary N) is 2. The number of urea groups is 1. The van der Waals surface area contributed by atoms with Crippen LogP contribution in [0.15, 0.2) is 71.9 Å². The minimum atomic E-state index is -0.735. The molecule has 1 aliphatic heterocycles. The van der Waals surface area contributed by atoms with Crippen LogP contribution in [0.25, 0.3) is 6.08 Å². The Morgan fingerprint density at radius 1 is 0.970 bits per heavy atom. The van der Waals surface area contributed by atoms with Gasteiger partial charge in [-0.25, -0.2) is 14.4 Å². The Balaban J connectivity index is 1.80. The average Bonchev–Trinajstić information content (AvgIpc) is 2.82. The van der Waals surface area contributed by atoms with Crippen LogP contribution in [0.4, 0.5) is 4.79 Å². The van der Waals surface area contributed by atoms with E-state index in [0.717, 1.165) is 5.56 Å². The van der Waals surface area contributed by atoms with Crippen molar-refractivity contribution in [2.75, 3.05) is 19.8 Å². The highest BCUT2D eigenvalue weighted by Crippen LogP contribution is 2.28. The smallest absolute Gasteiger partial charge is 0.338 e. The number of ether oxygens (including phenoxy) is 3. The lowest BCUT2D eigenvalue weighted by molar-refractivity contribution is -0.140. The predicted molar refractivity (Wildman–Crippen MR) is 122 cm³/mol. The molecular formula is C25H26N2O6. The lowest BCUT2D eigenvalue weighted by Crippen LogP contribution is -2.47. The minimum Gasteiger partial charge on any atom is -0.493 e. The van der Waals surface area contributed by atoms with Gasteiger partial charge in [0.2, 0.25) is 0 Å². The Morgan fingerprint density at radius 2 is 1.70 bits per heavy atom. The summed E-state index contributed by atoms with van der Waals surface area (Å²) >= 11 is 0. The Morgan fingerprint density at radius 3 is 2.42 bits per heavy atom. The monoisotopic (exact) mass is 450 g/mol. The Hall–Kier alpha value is -4.07. The molecule has 1 aliphatic rings. The van der Waals surface area contributed by atoms with E-state index in [-0.39, 0.29) is 24.5 Å². The second-order valence-electron chi connectivity index (χ2n) is 6.97. The third kappa shape index (κ3) is 6.22. The molecule has 0 aliphatic carbocycles. The van der Waals surface area contributed by atoms with Gasteiger partial charge >= 0.3 is 18.0 Å². The highest BCUT2D eigenvalue weighted by atomic mass is 16.5. The number of para-hydroxylation sites is 1. The molecule has 2 aromatic carbocycles. The van der Waals surface area contributed by atoms with Crippen molar-refractivity contribution in [1.29, 1.82) is 0 Å². The van der Waals surface area contributed by atoms with Gasteiger partial charge in [-0.2, -0.15) is 0 Å². The summed E-state index contributed by atoms with van der Waals surface area (Å²) in [4.78, 5) is 37.3. The average molecular weight is 450 g/mol. The normalized spacial score (nSPS) is 15.6. The van der Waals surface area contributed by atoms with Crippen LogP contribution in [0.5, 0.6) is 5.75 Å². The van der Waals surface area contributed by atoms with Crippen LogP contribution < -0.4 is 15.4 Å². The van der Waals surface area contributed by atoms with Gasteiger partial charge in [0.15, 0.2) is 0 Å². The molecule has 0 aromatic heterocycles. The van der Waals surface area contributed by atoms with Gasteiger partial charge in [-0.3, -0.25) is 0 Å². The molecule has 2 N–H and O–H groups in total. The lowest BCUT2D eigenvalue weighted by Gasteiger charge is -2.29. The molecule has 0 fully saturated rings. The van der Waals surface area contributed by atoms with Gasteiger partial charge in [-0.15, -0.1) is 0 Å². The van der Waals surface area contributed by atoms with Gasteiger partial charge in [-0.1, -0.05) is 48.5 Å². The Labute approximate surface area is 192 Å². The highest BCUT2D eigenvalue weighted by molar-refractivity contribution is 5.95. The molecule has 1 heterocycles. The number of esters is 2. The van der Waals surface area contributed by atoms with E-state index in [2.05, 4.69) is 10.6 Å². The topological polar surface area (TPSA) is 103 Å². The molecule has 1 unspecified atom stereocenters. The maximum Gasteiger partial charge on any atom is 0.338 e. The van der Waals surface area contributed by atoms with E-state index in [9.17, 15) is 14.4 Å². The van der Waals surface area contributed by atoms with Crippen LogP contribution in [0.3, 0.4) is 0 Å². The summed E-state index contributed by atoms with van der Waals surface area (Å²) in [5.74, 6) is -0.597. The zero-order valence-electron chi connectivity index (χ0n) is 18.5. The Kier molecular flexibility index (Phi) is 8.24. The van der Waals surface area contributed by atoms with Gasteiger partial charge in [-0.05, 0) is 31.6 Å². The molecule has 2 aromatic rings. The number of benzene rings is 2. The summed E-state index contributed by atoms with van der Waals surface area (Å²) in [6.07, 6.45) is 2.85. The number of rotatable bonds is 9. The quantitative estimate of drug-likeness (QED) is 0.448. The molecule has 3 rings (SSSR count). The van der Waals surface area contributed by atoms with E-state index >= 15 is 0 Å². The van der Waals surface area contributed by atoms with Crippen molar-refractivity contribution in [2.24, 2.45) is 0 Å². The fourth-order valence-electron chi connectivity index (χ4n) is 3.33. The van der Waals surface area contributed by atoms with Crippen molar-refractivity contribution in [2.45, 2.75) is 19.9 Å². The summed E-state index contributed by atoms with van der Waals surface area (Å²) < 4.78 is 16.0. The summed E-state index contributed by atoms with van der Waals surface area (Å²) in [7, 11) is 0. The van der Waals surface area contributed by atoms with Gasteiger partial charge < -0.3 is 24.8 Å². The van der Waals surface area contributed by atoms with Crippen molar-refractivity contribution in [3.8, 4) is 5.75 Å². The first-order chi connectivity index (χ1) is 16.0. The van der Waals surface area contributed by atoms with Crippen LogP contribution in [-0.4, -0.2) is 37.8 Å². The standard InChI is InChI=1S/C25H26N2O6/c1-3-31-20-13-9-8-10-17(20)14-15-21(28)33-16-19-22(24(29)32-4-2)23(27-25(30)26-19)18-11-6-5-7-12-18/h5-15,23H,3-4,16H2,1-2H3,(H2,26,27,30)/b15-14+. The Bertz CT molecular complexity index is 1060. The molecule has 8 nitrogen and oxygen atoms in total. The summed E-state index contributed by atoms with van der Waals surface area (Å²) in [6, 6.07) is 15.1. The third-order valence-electron chi connectivity index (χ3n) is 4.76. The number of carbonyl (C=O) groups is 3. The molecule has 172 valence electrons. The molecule has 0 spiro atoms. The lowest BCUT2D eigenvalue weighted by atomic mass is 9.95. The summed E-state index contributed by atoms with van der Waals surface area (Å²) in [5.41, 5.74) is 1.78. The maximum absolute atomic E-state index is 12.7. The van der Waals surface area contributed by atoms with Crippen LogP contribution in [0.1, 0.15) is 31.0 Å². The van der Waals surface area contributed by atoms with E-state index < -0.39 is 24.0 Å². The molecule has 8 heteroatoms. The molecule has 0 saturated carbocycles. The largest absolute Gasteiger partial charge is 0.493 e. The van der Waals surface area contributed by atoms with Crippen molar-refractivity contribution in [1.82, 2.24) is 10.6 Å². The van der Waals surface area contributed by atoms with Gasteiger partial charge in [0.25, 0.3) is 0 Å². The van der Waals surface area contributed by atoms with Crippen molar-refractivity contribution in [3.05, 3.63) is 83.1 Å². The predicted octanol–water partition coefficient (Wildman–Crippen LogP) is 3.51.